The van der Waals surface area contributed by atoms with Crippen molar-refractivity contribution in [3.8, 4) is 0 Å². The van der Waals surface area contributed by atoms with Crippen LogP contribution in [-0.2, 0) is 6.42 Å². The highest BCUT2D eigenvalue weighted by molar-refractivity contribution is 6.31. The summed E-state index contributed by atoms with van der Waals surface area (Å²) < 4.78 is 0. The molecule has 2 aromatic rings. The molecule has 0 aliphatic heterocycles. The van der Waals surface area contributed by atoms with Gasteiger partial charge in [0.15, 0.2) is 0 Å². The predicted octanol–water partition coefficient (Wildman–Crippen LogP) is 3.30. The molecule has 0 spiro atoms. The van der Waals surface area contributed by atoms with E-state index in [1.807, 2.05) is 24.3 Å². The number of halogens is 1. The largest absolute Gasteiger partial charge is 0.478 e. The average Bonchev–Trinajstić information content (AvgIpc) is 3.25. The van der Waals surface area contributed by atoms with Crippen LogP contribution in [0.2, 0.25) is 5.02 Å². The van der Waals surface area contributed by atoms with Gasteiger partial charge in [-0.25, -0.2) is 14.8 Å². The highest BCUT2D eigenvalue weighted by Crippen LogP contribution is 2.40. The van der Waals surface area contributed by atoms with Crippen LogP contribution in [0.25, 0.3) is 0 Å². The van der Waals surface area contributed by atoms with Crippen LogP contribution in [-0.4, -0.2) is 21.0 Å². The van der Waals surface area contributed by atoms with Crippen LogP contribution in [0.3, 0.4) is 0 Å². The summed E-state index contributed by atoms with van der Waals surface area (Å²) >= 11 is 6.12. The monoisotopic (exact) mass is 288 g/mol. The topological polar surface area (TPSA) is 63.1 Å². The smallest absolute Gasteiger partial charge is 0.339 e. The Hall–Kier alpha value is -1.94. The Bertz CT molecular complexity index is 669. The first-order valence-corrected chi connectivity index (χ1v) is 6.85. The van der Waals surface area contributed by atoms with Gasteiger partial charge < -0.3 is 5.11 Å². The molecule has 102 valence electrons. The number of carboxylic acid groups (broad SMARTS) is 1. The van der Waals surface area contributed by atoms with Gasteiger partial charge in [-0.1, -0.05) is 29.8 Å². The second kappa shape index (κ2) is 5.21. The van der Waals surface area contributed by atoms with Crippen molar-refractivity contribution >= 4 is 17.6 Å². The minimum absolute atomic E-state index is 0.218. The van der Waals surface area contributed by atoms with E-state index in [0.29, 0.717) is 23.0 Å². The second-order valence-electron chi connectivity index (χ2n) is 4.93. The number of rotatable bonds is 4. The lowest BCUT2D eigenvalue weighted by atomic mass is 10.1. The van der Waals surface area contributed by atoms with Crippen molar-refractivity contribution in [2.75, 3.05) is 0 Å². The van der Waals surface area contributed by atoms with Crippen LogP contribution in [0.15, 0.2) is 30.5 Å². The summed E-state index contributed by atoms with van der Waals surface area (Å²) in [6.07, 6.45) is 3.93. The molecule has 1 heterocycles. The van der Waals surface area contributed by atoms with Crippen LogP contribution in [0.5, 0.6) is 0 Å². The first-order chi connectivity index (χ1) is 9.65. The van der Waals surface area contributed by atoms with Crippen LogP contribution in [0.1, 0.15) is 46.2 Å². The number of hydrogen-bond donors (Lipinski definition) is 1. The number of carbonyl (C=O) groups is 1. The van der Waals surface area contributed by atoms with Crippen LogP contribution < -0.4 is 0 Å². The number of benzene rings is 1. The minimum Gasteiger partial charge on any atom is -0.478 e. The molecular formula is C15H13ClN2O2. The van der Waals surface area contributed by atoms with Gasteiger partial charge in [0.1, 0.15) is 5.82 Å². The lowest BCUT2D eigenvalue weighted by molar-refractivity contribution is 0.0694. The van der Waals surface area contributed by atoms with E-state index in [2.05, 4.69) is 9.97 Å². The predicted molar refractivity (Wildman–Crippen MR) is 75.2 cm³/mol. The third-order valence-corrected chi connectivity index (χ3v) is 3.74. The molecule has 1 aromatic carbocycles. The van der Waals surface area contributed by atoms with Gasteiger partial charge in [-0.2, -0.15) is 0 Å². The fourth-order valence-electron chi connectivity index (χ4n) is 2.16. The lowest BCUT2D eigenvalue weighted by Crippen LogP contribution is -2.08. The van der Waals surface area contributed by atoms with Crippen molar-refractivity contribution in [3.05, 3.63) is 58.1 Å². The summed E-state index contributed by atoms with van der Waals surface area (Å²) in [6.45, 7) is 0. The maximum atomic E-state index is 11.2. The van der Waals surface area contributed by atoms with Gasteiger partial charge in [0.2, 0.25) is 0 Å². The highest BCUT2D eigenvalue weighted by Gasteiger charge is 2.30. The van der Waals surface area contributed by atoms with Crippen molar-refractivity contribution in [2.45, 2.75) is 25.2 Å². The molecule has 20 heavy (non-hydrogen) atoms. The van der Waals surface area contributed by atoms with E-state index in [1.165, 1.54) is 6.20 Å². The number of carboxylic acids is 1. The maximum absolute atomic E-state index is 11.2. The van der Waals surface area contributed by atoms with Gasteiger partial charge >= 0.3 is 5.97 Å². The van der Waals surface area contributed by atoms with Crippen molar-refractivity contribution in [2.24, 2.45) is 0 Å². The number of aromatic carboxylic acids is 1. The van der Waals surface area contributed by atoms with Gasteiger partial charge in [-0.05, 0) is 24.5 Å². The molecule has 0 unspecified atom stereocenters. The molecule has 5 heteroatoms. The standard InChI is InChI=1S/C15H13ClN2O2/c16-12-4-2-1-3-10(12)7-13-17-8-11(15(19)20)14(18-13)9-5-6-9/h1-4,8-9H,5-7H2,(H,19,20). The normalized spacial score (nSPS) is 14.2. The van der Waals surface area contributed by atoms with E-state index < -0.39 is 5.97 Å². The zero-order valence-electron chi connectivity index (χ0n) is 10.7. The molecule has 3 rings (SSSR count). The van der Waals surface area contributed by atoms with Crippen LogP contribution >= 0.6 is 11.6 Å². The Labute approximate surface area is 121 Å². The Kier molecular flexibility index (Phi) is 3.40. The van der Waals surface area contributed by atoms with E-state index >= 15 is 0 Å². The fraction of sp³-hybridized carbons (Fsp3) is 0.267. The number of aromatic nitrogens is 2. The number of hydrogen-bond acceptors (Lipinski definition) is 3. The summed E-state index contributed by atoms with van der Waals surface area (Å²) in [5.41, 5.74) is 1.82. The molecule has 0 atom stereocenters. The second-order valence-corrected chi connectivity index (χ2v) is 5.34. The first-order valence-electron chi connectivity index (χ1n) is 6.47. The Morgan fingerprint density at radius 1 is 1.35 bits per heavy atom. The van der Waals surface area contributed by atoms with E-state index in [9.17, 15) is 4.79 Å². The fourth-order valence-corrected chi connectivity index (χ4v) is 2.37. The molecular weight excluding hydrogens is 276 g/mol. The Morgan fingerprint density at radius 3 is 2.75 bits per heavy atom. The summed E-state index contributed by atoms with van der Waals surface area (Å²) in [5, 5.41) is 9.84. The molecule has 1 fully saturated rings. The SMILES string of the molecule is O=C(O)c1cnc(Cc2ccccc2Cl)nc1C1CC1. The molecule has 0 radical (unpaired) electrons. The lowest BCUT2D eigenvalue weighted by Gasteiger charge is -2.07. The summed E-state index contributed by atoms with van der Waals surface area (Å²) in [4.78, 5) is 19.8. The zero-order valence-corrected chi connectivity index (χ0v) is 11.5. The summed E-state index contributed by atoms with van der Waals surface area (Å²) in [7, 11) is 0. The molecule has 1 aliphatic carbocycles. The van der Waals surface area contributed by atoms with Crippen molar-refractivity contribution in [3.63, 3.8) is 0 Å². The molecule has 1 aromatic heterocycles. The molecule has 0 saturated heterocycles. The van der Waals surface area contributed by atoms with Gasteiger partial charge in [0.25, 0.3) is 0 Å². The number of nitrogens with zero attached hydrogens (tertiary/aromatic N) is 2. The molecule has 4 nitrogen and oxygen atoms in total. The van der Waals surface area contributed by atoms with E-state index in [0.717, 1.165) is 18.4 Å². The minimum atomic E-state index is -0.962. The quantitative estimate of drug-likeness (QED) is 0.937. The highest BCUT2D eigenvalue weighted by atomic mass is 35.5. The first kappa shape index (κ1) is 13.1. The van der Waals surface area contributed by atoms with Gasteiger partial charge in [0.05, 0.1) is 11.3 Å². The summed E-state index contributed by atoms with van der Waals surface area (Å²) in [5.74, 6) is -0.0738. The molecule has 1 saturated carbocycles. The van der Waals surface area contributed by atoms with Crippen molar-refractivity contribution < 1.29 is 9.90 Å². The molecule has 1 aliphatic rings. The van der Waals surface area contributed by atoms with Gasteiger partial charge in [-0.15, -0.1) is 0 Å². The zero-order chi connectivity index (χ0) is 14.1. The maximum Gasteiger partial charge on any atom is 0.339 e. The molecule has 0 bridgehead atoms. The molecule has 0 amide bonds. The van der Waals surface area contributed by atoms with Gasteiger partial charge in [-0.3, -0.25) is 0 Å². The summed E-state index contributed by atoms with van der Waals surface area (Å²) in [6, 6.07) is 7.53. The van der Waals surface area contributed by atoms with Gasteiger partial charge in [0, 0.05) is 23.6 Å². The van der Waals surface area contributed by atoms with Crippen molar-refractivity contribution in [1.82, 2.24) is 9.97 Å². The average molecular weight is 289 g/mol. The van der Waals surface area contributed by atoms with Crippen LogP contribution in [0.4, 0.5) is 0 Å². The van der Waals surface area contributed by atoms with E-state index in [4.69, 9.17) is 16.7 Å². The van der Waals surface area contributed by atoms with E-state index in [1.54, 1.807) is 0 Å². The van der Waals surface area contributed by atoms with Crippen molar-refractivity contribution in [1.29, 1.82) is 0 Å². The Balaban J connectivity index is 1.93. The van der Waals surface area contributed by atoms with Crippen LogP contribution in [0, 0.1) is 0 Å². The third kappa shape index (κ3) is 2.65. The molecule has 1 N–H and O–H groups in total. The third-order valence-electron chi connectivity index (χ3n) is 3.37. The van der Waals surface area contributed by atoms with E-state index in [-0.39, 0.29) is 11.5 Å². The Morgan fingerprint density at radius 2 is 2.10 bits per heavy atom.